The van der Waals surface area contributed by atoms with Gasteiger partial charge in [0.05, 0.1) is 30.9 Å². The van der Waals surface area contributed by atoms with Crippen molar-refractivity contribution in [3.8, 4) is 11.5 Å². The monoisotopic (exact) mass is 444 g/mol. The maximum absolute atomic E-state index is 13.3. The van der Waals surface area contributed by atoms with Gasteiger partial charge in [0, 0.05) is 24.1 Å². The van der Waals surface area contributed by atoms with Gasteiger partial charge in [-0.05, 0) is 55.8 Å². The fourth-order valence-corrected chi connectivity index (χ4v) is 4.00. The second kappa shape index (κ2) is 9.16. The number of ether oxygens (including phenoxy) is 2. The van der Waals surface area contributed by atoms with E-state index in [0.717, 1.165) is 5.56 Å². The number of methoxy groups -OCH3 is 1. The minimum atomic E-state index is -0.852. The van der Waals surface area contributed by atoms with Crippen LogP contribution in [0, 0.1) is 6.92 Å². The number of benzene rings is 2. The van der Waals surface area contributed by atoms with E-state index in [1.165, 1.54) is 12.0 Å². The zero-order valence-electron chi connectivity index (χ0n) is 18.6. The fourth-order valence-electron chi connectivity index (χ4n) is 4.00. The highest BCUT2D eigenvalue weighted by Crippen LogP contribution is 2.43. The fraction of sp³-hybridized carbons (Fsp3) is 0.192. The van der Waals surface area contributed by atoms with Crippen LogP contribution < -0.4 is 14.4 Å². The first-order valence-electron chi connectivity index (χ1n) is 10.5. The van der Waals surface area contributed by atoms with Gasteiger partial charge in [0.25, 0.3) is 11.7 Å². The Labute approximate surface area is 191 Å². The van der Waals surface area contributed by atoms with Gasteiger partial charge in [-0.3, -0.25) is 19.5 Å². The molecular weight excluding hydrogens is 420 g/mol. The summed E-state index contributed by atoms with van der Waals surface area (Å²) in [5.41, 5.74) is 2.32. The van der Waals surface area contributed by atoms with Gasteiger partial charge in [-0.15, -0.1) is 0 Å². The van der Waals surface area contributed by atoms with Gasteiger partial charge in [0.2, 0.25) is 0 Å². The lowest BCUT2D eigenvalue weighted by atomic mass is 9.95. The summed E-state index contributed by atoms with van der Waals surface area (Å²) >= 11 is 0. The number of carbonyl (C=O) groups is 2. The Morgan fingerprint density at radius 2 is 1.85 bits per heavy atom. The molecule has 168 valence electrons. The molecule has 7 nitrogen and oxygen atoms in total. The molecule has 1 unspecified atom stereocenters. The number of hydrogen-bond acceptors (Lipinski definition) is 6. The summed E-state index contributed by atoms with van der Waals surface area (Å²) in [4.78, 5) is 32.0. The summed E-state index contributed by atoms with van der Waals surface area (Å²) in [5, 5.41) is 11.3. The van der Waals surface area contributed by atoms with E-state index in [1.54, 1.807) is 60.9 Å². The number of carbonyl (C=O) groups excluding carboxylic acids is 2. The van der Waals surface area contributed by atoms with Crippen LogP contribution in [0.2, 0.25) is 0 Å². The Balaban J connectivity index is 1.95. The molecule has 1 aliphatic rings. The van der Waals surface area contributed by atoms with E-state index in [2.05, 4.69) is 4.98 Å². The smallest absolute Gasteiger partial charge is 0.300 e. The summed E-state index contributed by atoms with van der Waals surface area (Å²) in [6.45, 7) is 4.20. The van der Waals surface area contributed by atoms with E-state index in [1.807, 2.05) is 19.9 Å². The third-order valence-corrected chi connectivity index (χ3v) is 5.48. The zero-order valence-corrected chi connectivity index (χ0v) is 18.6. The van der Waals surface area contributed by atoms with Gasteiger partial charge in [-0.25, -0.2) is 0 Å². The van der Waals surface area contributed by atoms with Crippen LogP contribution in [-0.4, -0.2) is 35.5 Å². The molecule has 0 aliphatic carbocycles. The predicted octanol–water partition coefficient (Wildman–Crippen LogP) is 4.42. The van der Waals surface area contributed by atoms with E-state index >= 15 is 0 Å². The van der Waals surface area contributed by atoms with Crippen molar-refractivity contribution < 1.29 is 24.2 Å². The molecule has 0 bridgehead atoms. The predicted molar refractivity (Wildman–Crippen MR) is 124 cm³/mol. The van der Waals surface area contributed by atoms with Crippen molar-refractivity contribution in [3.05, 3.63) is 89.3 Å². The molecule has 1 atom stereocenters. The quantitative estimate of drug-likeness (QED) is 0.344. The van der Waals surface area contributed by atoms with Crippen LogP contribution >= 0.6 is 0 Å². The van der Waals surface area contributed by atoms with Gasteiger partial charge in [0.15, 0.2) is 0 Å². The highest BCUT2D eigenvalue weighted by molar-refractivity contribution is 6.51. The number of ketones is 1. The standard InChI is InChI=1S/C26H24N2O5/c1-4-33-19-7-5-6-18(15-19)28-23(17-10-12-27-13-11-17)22(25(30)26(28)31)24(29)20-14-16(2)8-9-21(20)32-3/h5-15,23,29H,4H2,1-3H3/b24-22+. The molecule has 2 aromatic carbocycles. The van der Waals surface area contributed by atoms with Crippen molar-refractivity contribution in [2.24, 2.45) is 0 Å². The summed E-state index contributed by atoms with van der Waals surface area (Å²) in [6, 6.07) is 14.8. The minimum absolute atomic E-state index is 0.0167. The van der Waals surface area contributed by atoms with E-state index in [0.29, 0.717) is 34.9 Å². The molecule has 4 rings (SSSR count). The highest BCUT2D eigenvalue weighted by atomic mass is 16.5. The van der Waals surface area contributed by atoms with E-state index in [-0.39, 0.29) is 11.3 Å². The first-order valence-corrected chi connectivity index (χ1v) is 10.5. The van der Waals surface area contributed by atoms with Crippen molar-refractivity contribution in [2.45, 2.75) is 19.9 Å². The van der Waals surface area contributed by atoms with E-state index in [4.69, 9.17) is 9.47 Å². The van der Waals surface area contributed by atoms with Crippen molar-refractivity contribution in [1.29, 1.82) is 0 Å². The zero-order chi connectivity index (χ0) is 23.5. The van der Waals surface area contributed by atoms with Gasteiger partial charge in [-0.2, -0.15) is 0 Å². The molecule has 1 saturated heterocycles. The topological polar surface area (TPSA) is 89.0 Å². The van der Waals surface area contributed by atoms with Gasteiger partial charge < -0.3 is 14.6 Å². The van der Waals surface area contributed by atoms with Crippen LogP contribution in [0.4, 0.5) is 5.69 Å². The number of anilines is 1. The Hall–Kier alpha value is -4.13. The Morgan fingerprint density at radius 3 is 2.55 bits per heavy atom. The number of pyridine rings is 1. The van der Waals surface area contributed by atoms with Crippen LogP contribution in [0.25, 0.3) is 5.76 Å². The number of nitrogens with zero attached hydrogens (tertiary/aromatic N) is 2. The van der Waals surface area contributed by atoms with Crippen LogP contribution in [0.3, 0.4) is 0 Å². The Morgan fingerprint density at radius 1 is 1.09 bits per heavy atom. The lowest BCUT2D eigenvalue weighted by Crippen LogP contribution is -2.29. The van der Waals surface area contributed by atoms with E-state index in [9.17, 15) is 14.7 Å². The molecular formula is C26H24N2O5. The second-order valence-electron chi connectivity index (χ2n) is 7.58. The lowest BCUT2D eigenvalue weighted by molar-refractivity contribution is -0.132. The van der Waals surface area contributed by atoms with Crippen LogP contribution in [0.1, 0.15) is 29.7 Å². The second-order valence-corrected chi connectivity index (χ2v) is 7.58. The van der Waals surface area contributed by atoms with Crippen LogP contribution in [-0.2, 0) is 9.59 Å². The number of aliphatic hydroxyl groups is 1. The number of aryl methyl sites for hydroxylation is 1. The summed E-state index contributed by atoms with van der Waals surface area (Å²) in [7, 11) is 1.49. The summed E-state index contributed by atoms with van der Waals surface area (Å²) in [5.74, 6) is -0.834. The normalized spacial score (nSPS) is 17.3. The van der Waals surface area contributed by atoms with Crippen molar-refractivity contribution in [1.82, 2.24) is 4.98 Å². The third kappa shape index (κ3) is 4.05. The largest absolute Gasteiger partial charge is 0.507 e. The number of rotatable bonds is 6. The summed E-state index contributed by atoms with van der Waals surface area (Å²) < 4.78 is 11.0. The average molecular weight is 444 g/mol. The van der Waals surface area contributed by atoms with Crippen molar-refractivity contribution >= 4 is 23.1 Å². The van der Waals surface area contributed by atoms with Crippen molar-refractivity contribution in [2.75, 3.05) is 18.6 Å². The Kier molecular flexibility index (Phi) is 6.13. The highest BCUT2D eigenvalue weighted by Gasteiger charge is 2.47. The molecule has 3 aromatic rings. The molecule has 1 N–H and O–H groups in total. The van der Waals surface area contributed by atoms with Gasteiger partial charge >= 0.3 is 0 Å². The third-order valence-electron chi connectivity index (χ3n) is 5.48. The molecule has 1 aliphatic heterocycles. The molecule has 7 heteroatoms. The molecule has 1 aromatic heterocycles. The van der Waals surface area contributed by atoms with Crippen LogP contribution in [0.5, 0.6) is 11.5 Å². The maximum atomic E-state index is 13.3. The molecule has 33 heavy (non-hydrogen) atoms. The number of amides is 1. The molecule has 1 amide bonds. The number of aromatic nitrogens is 1. The number of aliphatic hydroxyl groups excluding tert-OH is 1. The van der Waals surface area contributed by atoms with Gasteiger partial charge in [-0.1, -0.05) is 17.7 Å². The first-order chi connectivity index (χ1) is 16.0. The van der Waals surface area contributed by atoms with E-state index < -0.39 is 17.7 Å². The van der Waals surface area contributed by atoms with Gasteiger partial charge in [0.1, 0.15) is 17.3 Å². The van der Waals surface area contributed by atoms with Crippen molar-refractivity contribution in [3.63, 3.8) is 0 Å². The minimum Gasteiger partial charge on any atom is -0.507 e. The molecule has 0 spiro atoms. The Bertz CT molecular complexity index is 1240. The molecule has 0 saturated carbocycles. The SMILES string of the molecule is CCOc1cccc(N2C(=O)C(=O)/C(=C(/O)c3cc(C)ccc3OC)C2c2ccncc2)c1. The first kappa shape index (κ1) is 22.1. The molecule has 2 heterocycles. The lowest BCUT2D eigenvalue weighted by Gasteiger charge is -2.25. The number of hydrogen-bond donors (Lipinski definition) is 1. The number of Topliss-reactive ketones (excluding diaryl/α,β-unsaturated/α-hetero) is 1. The molecule has 0 radical (unpaired) electrons. The maximum Gasteiger partial charge on any atom is 0.300 e. The van der Waals surface area contributed by atoms with Crippen LogP contribution in [0.15, 0.2) is 72.6 Å². The molecule has 1 fully saturated rings. The average Bonchev–Trinajstić information content (AvgIpc) is 3.10. The summed E-state index contributed by atoms with van der Waals surface area (Å²) in [6.07, 6.45) is 3.17.